The van der Waals surface area contributed by atoms with Crippen LogP contribution in [-0.2, 0) is 6.54 Å². The van der Waals surface area contributed by atoms with Crippen LogP contribution in [-0.4, -0.2) is 44.5 Å². The van der Waals surface area contributed by atoms with Crippen molar-refractivity contribution in [2.45, 2.75) is 45.7 Å². The van der Waals surface area contributed by atoms with Crippen LogP contribution in [0.3, 0.4) is 0 Å². The Morgan fingerprint density at radius 3 is 2.58 bits per heavy atom. The van der Waals surface area contributed by atoms with Crippen molar-refractivity contribution in [1.29, 1.82) is 0 Å². The zero-order chi connectivity index (χ0) is 25.7. The number of non-ortho nitro benzene ring substituents is 1. The Morgan fingerprint density at radius 2 is 1.97 bits per heavy atom. The van der Waals surface area contributed by atoms with Crippen molar-refractivity contribution < 1.29 is 4.92 Å². The largest absolute Gasteiger partial charge is 0.329 e. The van der Waals surface area contributed by atoms with E-state index in [0.29, 0.717) is 24.4 Å². The van der Waals surface area contributed by atoms with Gasteiger partial charge in [-0.05, 0) is 69.3 Å². The predicted molar refractivity (Wildman–Crippen MR) is 143 cm³/mol. The number of hydrogen-bond donors (Lipinski definition) is 1. The average molecular weight is 488 g/mol. The highest BCUT2D eigenvalue weighted by Gasteiger charge is 2.28. The van der Waals surface area contributed by atoms with Crippen LogP contribution in [0.25, 0.3) is 22.4 Å². The van der Waals surface area contributed by atoms with Crippen LogP contribution in [0.2, 0.25) is 0 Å². The zero-order valence-electron chi connectivity index (χ0n) is 21.1. The van der Waals surface area contributed by atoms with Gasteiger partial charge in [0, 0.05) is 36.3 Å². The van der Waals surface area contributed by atoms with E-state index in [1.807, 2.05) is 34.9 Å². The summed E-state index contributed by atoms with van der Waals surface area (Å²) >= 11 is 0. The van der Waals surface area contributed by atoms with Crippen molar-refractivity contribution in [3.05, 3.63) is 76.5 Å². The van der Waals surface area contributed by atoms with Gasteiger partial charge in [-0.15, -0.1) is 0 Å². The molecule has 1 unspecified atom stereocenters. The molecule has 1 aliphatic rings. The van der Waals surface area contributed by atoms with Crippen LogP contribution < -0.4 is 5.73 Å². The first kappa shape index (κ1) is 25.4. The van der Waals surface area contributed by atoms with Crippen molar-refractivity contribution in [1.82, 2.24) is 14.5 Å². The van der Waals surface area contributed by atoms with E-state index in [0.717, 1.165) is 48.4 Å². The topological polar surface area (TPSA) is 115 Å². The van der Waals surface area contributed by atoms with Gasteiger partial charge in [-0.25, -0.2) is 4.98 Å². The number of nitrogens with two attached hydrogens (primary N) is 1. The number of fused-ring (bicyclic) bond motifs is 1. The fourth-order valence-corrected chi connectivity index (χ4v) is 4.67. The molecule has 0 bridgehead atoms. The lowest BCUT2D eigenvalue weighted by Crippen LogP contribution is -2.45. The molecule has 0 spiro atoms. The van der Waals surface area contributed by atoms with Crippen LogP contribution in [0.4, 0.5) is 11.4 Å². The summed E-state index contributed by atoms with van der Waals surface area (Å²) < 4.78 is 1.99. The maximum Gasteiger partial charge on any atom is 0.271 e. The zero-order valence-corrected chi connectivity index (χ0v) is 21.1. The molecule has 36 heavy (non-hydrogen) atoms. The molecular formula is C27H33N7O2. The summed E-state index contributed by atoms with van der Waals surface area (Å²) in [5.74, 6) is 0.712. The molecule has 1 atom stereocenters. The van der Waals surface area contributed by atoms with Gasteiger partial charge in [-0.3, -0.25) is 15.0 Å². The Balaban J connectivity index is 1.52. The van der Waals surface area contributed by atoms with Gasteiger partial charge in [0.1, 0.15) is 5.82 Å². The number of nitro benzene ring substituents is 1. The molecular weight excluding hydrogens is 454 g/mol. The number of hydrogen-bond acceptors (Lipinski definition) is 7. The minimum Gasteiger partial charge on any atom is -0.329 e. The summed E-state index contributed by atoms with van der Waals surface area (Å²) in [6, 6.07) is 12.4. The van der Waals surface area contributed by atoms with Gasteiger partial charge < -0.3 is 10.3 Å². The molecule has 3 aromatic rings. The standard InChI is InChI=1S/C27H33N7O2/c1-4-17-32(5-2)27(3)14-12-22(13-15-27)31-30-21-8-6-20(7-9-21)26-29-24-19-23(34(35)36)10-11-25(24)33(26)18-16-28/h6-14,19H,4-5,15-18,28H2,1-3H3. The summed E-state index contributed by atoms with van der Waals surface area (Å²) in [7, 11) is 0. The van der Waals surface area contributed by atoms with E-state index in [4.69, 9.17) is 5.73 Å². The molecule has 0 amide bonds. The Kier molecular flexibility index (Phi) is 7.71. The second kappa shape index (κ2) is 10.9. The normalized spacial score (nSPS) is 17.9. The van der Waals surface area contributed by atoms with E-state index in [2.05, 4.69) is 53.0 Å². The summed E-state index contributed by atoms with van der Waals surface area (Å²) in [4.78, 5) is 17.9. The van der Waals surface area contributed by atoms with Crippen LogP contribution in [0.15, 0.2) is 76.6 Å². The third kappa shape index (κ3) is 5.27. The van der Waals surface area contributed by atoms with Crippen molar-refractivity contribution in [2.24, 2.45) is 16.0 Å². The summed E-state index contributed by atoms with van der Waals surface area (Å²) in [5, 5.41) is 20.0. The van der Waals surface area contributed by atoms with Gasteiger partial charge >= 0.3 is 0 Å². The van der Waals surface area contributed by atoms with E-state index < -0.39 is 4.92 Å². The van der Waals surface area contributed by atoms with Crippen molar-refractivity contribution in [3.63, 3.8) is 0 Å². The van der Waals surface area contributed by atoms with Crippen LogP contribution in [0.1, 0.15) is 33.6 Å². The molecule has 0 saturated carbocycles. The first-order chi connectivity index (χ1) is 17.4. The van der Waals surface area contributed by atoms with Crippen LogP contribution in [0.5, 0.6) is 0 Å². The summed E-state index contributed by atoms with van der Waals surface area (Å²) in [5.41, 5.74) is 9.71. The molecule has 1 aliphatic carbocycles. The van der Waals surface area contributed by atoms with E-state index >= 15 is 0 Å². The second-order valence-corrected chi connectivity index (χ2v) is 9.16. The molecule has 4 rings (SSSR count). The lowest BCUT2D eigenvalue weighted by molar-refractivity contribution is -0.384. The summed E-state index contributed by atoms with van der Waals surface area (Å²) in [6.45, 7) is 9.75. The average Bonchev–Trinajstić information content (AvgIpc) is 3.25. The number of azo groups is 1. The first-order valence-corrected chi connectivity index (χ1v) is 12.4. The number of allylic oxidation sites excluding steroid dienone is 1. The van der Waals surface area contributed by atoms with Gasteiger partial charge in [0.15, 0.2) is 0 Å². The van der Waals surface area contributed by atoms with Crippen LogP contribution in [0, 0.1) is 10.1 Å². The van der Waals surface area contributed by atoms with Gasteiger partial charge in [0.2, 0.25) is 0 Å². The number of aromatic nitrogens is 2. The Morgan fingerprint density at radius 1 is 1.19 bits per heavy atom. The molecule has 1 aromatic heterocycles. The van der Waals surface area contributed by atoms with Crippen molar-refractivity contribution in [2.75, 3.05) is 19.6 Å². The fourth-order valence-electron chi connectivity index (χ4n) is 4.67. The van der Waals surface area contributed by atoms with Crippen molar-refractivity contribution >= 4 is 22.4 Å². The summed E-state index contributed by atoms with van der Waals surface area (Å²) in [6.07, 6.45) is 8.46. The minimum absolute atomic E-state index is 0.0147. The number of benzene rings is 2. The van der Waals surface area contributed by atoms with E-state index in [1.54, 1.807) is 6.07 Å². The Hall–Kier alpha value is -3.69. The number of likely N-dealkylation sites (N-methyl/N-ethyl adjacent to an activating group) is 1. The van der Waals surface area contributed by atoms with E-state index in [-0.39, 0.29) is 11.2 Å². The van der Waals surface area contributed by atoms with Gasteiger partial charge in [0.05, 0.1) is 27.3 Å². The third-order valence-electron chi connectivity index (χ3n) is 6.64. The maximum absolute atomic E-state index is 11.2. The van der Waals surface area contributed by atoms with Gasteiger partial charge in [-0.1, -0.05) is 26.0 Å². The first-order valence-electron chi connectivity index (χ1n) is 12.4. The fraction of sp³-hybridized carbons (Fsp3) is 0.370. The highest BCUT2D eigenvalue weighted by Crippen LogP contribution is 2.30. The second-order valence-electron chi connectivity index (χ2n) is 9.16. The Labute approximate surface area is 211 Å². The smallest absolute Gasteiger partial charge is 0.271 e. The Bertz CT molecular complexity index is 1320. The van der Waals surface area contributed by atoms with Crippen LogP contribution >= 0.6 is 0 Å². The molecule has 2 aromatic carbocycles. The third-order valence-corrected chi connectivity index (χ3v) is 6.64. The van der Waals surface area contributed by atoms with E-state index in [1.165, 1.54) is 12.1 Å². The molecule has 1 heterocycles. The van der Waals surface area contributed by atoms with Gasteiger partial charge in [-0.2, -0.15) is 10.2 Å². The number of nitro groups is 1. The van der Waals surface area contributed by atoms with E-state index in [9.17, 15) is 10.1 Å². The number of nitrogens with zero attached hydrogens (tertiary/aromatic N) is 6. The molecule has 0 fully saturated rings. The molecule has 0 aliphatic heterocycles. The number of imidazole rings is 1. The molecule has 188 valence electrons. The van der Waals surface area contributed by atoms with Gasteiger partial charge in [0.25, 0.3) is 5.69 Å². The highest BCUT2D eigenvalue weighted by atomic mass is 16.6. The molecule has 2 N–H and O–H groups in total. The number of rotatable bonds is 10. The highest BCUT2D eigenvalue weighted by molar-refractivity contribution is 5.83. The maximum atomic E-state index is 11.2. The lowest BCUT2D eigenvalue weighted by atomic mass is 9.90. The van der Waals surface area contributed by atoms with Crippen molar-refractivity contribution in [3.8, 4) is 11.4 Å². The molecule has 0 saturated heterocycles. The molecule has 0 radical (unpaired) electrons. The lowest BCUT2D eigenvalue weighted by Gasteiger charge is -2.39. The minimum atomic E-state index is -0.413. The predicted octanol–water partition coefficient (Wildman–Crippen LogP) is 5.99. The quantitative estimate of drug-likeness (QED) is 0.214. The molecule has 9 heteroatoms. The molecule has 9 nitrogen and oxygen atoms in total. The SMILES string of the molecule is CCCN(CC)C1(C)C=CC(N=Nc2ccc(-c3nc4cc([N+](=O)[O-])ccc4n3CCN)cc2)=CC1. The monoisotopic (exact) mass is 487 g/mol.